The number of rotatable bonds is 6. The van der Waals surface area contributed by atoms with E-state index in [9.17, 15) is 14.0 Å². The second-order valence-corrected chi connectivity index (χ2v) is 8.83. The van der Waals surface area contributed by atoms with E-state index < -0.39 is 5.82 Å². The number of halogens is 1. The molecule has 1 saturated carbocycles. The summed E-state index contributed by atoms with van der Waals surface area (Å²) in [4.78, 5) is 36.7. The van der Waals surface area contributed by atoms with Gasteiger partial charge in [0.15, 0.2) is 18.2 Å². The standard InChI is InChI=1S/C23H26FN7O3/c24-14-3-6-17-18(7-14)31(22(33)10-27-17)11-16(25)13-1-4-15(5-2-13)26-9-20-28-8-19-23(29-20)30-21(32)12-34-19/h3,6-8,10,13,15-16,26H,1-2,4-5,9,11-12,25H2,(H,28,29,30,32)/t13?,15?,16-/m1/s1. The number of benzene rings is 1. The molecule has 1 aliphatic heterocycles. The summed E-state index contributed by atoms with van der Waals surface area (Å²) in [5.74, 6) is 1.07. The number of hydrogen-bond donors (Lipinski definition) is 3. The summed E-state index contributed by atoms with van der Waals surface area (Å²) in [6, 6.07) is 4.30. The Morgan fingerprint density at radius 1 is 1.21 bits per heavy atom. The fourth-order valence-corrected chi connectivity index (χ4v) is 4.67. The van der Waals surface area contributed by atoms with Crippen molar-refractivity contribution in [3.63, 3.8) is 0 Å². The fraction of sp³-hybridized carbons (Fsp3) is 0.435. The number of nitrogens with zero attached hydrogens (tertiary/aromatic N) is 4. The quantitative estimate of drug-likeness (QED) is 0.494. The van der Waals surface area contributed by atoms with Crippen LogP contribution in [0.1, 0.15) is 31.5 Å². The highest BCUT2D eigenvalue weighted by Gasteiger charge is 2.27. The molecule has 0 spiro atoms. The second kappa shape index (κ2) is 9.43. The molecule has 0 radical (unpaired) electrons. The van der Waals surface area contributed by atoms with Crippen LogP contribution in [0.15, 0.2) is 35.4 Å². The van der Waals surface area contributed by atoms with Gasteiger partial charge in [0.2, 0.25) is 0 Å². The Morgan fingerprint density at radius 2 is 2.03 bits per heavy atom. The summed E-state index contributed by atoms with van der Waals surface area (Å²) < 4.78 is 20.6. The molecule has 1 fully saturated rings. The van der Waals surface area contributed by atoms with Crippen molar-refractivity contribution in [1.82, 2.24) is 24.8 Å². The van der Waals surface area contributed by atoms with Crippen LogP contribution in [-0.2, 0) is 17.9 Å². The van der Waals surface area contributed by atoms with Gasteiger partial charge in [0, 0.05) is 18.6 Å². The van der Waals surface area contributed by atoms with E-state index in [1.807, 2.05) is 0 Å². The minimum atomic E-state index is -0.411. The van der Waals surface area contributed by atoms with Gasteiger partial charge in [-0.3, -0.25) is 9.59 Å². The predicted octanol–water partition coefficient (Wildman–Crippen LogP) is 1.33. The van der Waals surface area contributed by atoms with Gasteiger partial charge in [0.1, 0.15) is 11.6 Å². The van der Waals surface area contributed by atoms with E-state index in [2.05, 4.69) is 25.6 Å². The van der Waals surface area contributed by atoms with Gasteiger partial charge in [0.25, 0.3) is 11.5 Å². The molecular weight excluding hydrogens is 441 g/mol. The number of nitrogens with one attached hydrogen (secondary N) is 2. The smallest absolute Gasteiger partial charge is 0.269 e. The van der Waals surface area contributed by atoms with Gasteiger partial charge < -0.3 is 25.7 Å². The minimum Gasteiger partial charge on any atom is -0.478 e. The van der Waals surface area contributed by atoms with Gasteiger partial charge in [-0.2, -0.15) is 0 Å². The van der Waals surface area contributed by atoms with Crippen LogP contribution < -0.4 is 26.7 Å². The first-order valence-corrected chi connectivity index (χ1v) is 11.4. The third-order valence-electron chi connectivity index (χ3n) is 6.55. The summed E-state index contributed by atoms with van der Waals surface area (Å²) in [6.07, 6.45) is 6.53. The Balaban J connectivity index is 1.16. The highest BCUT2D eigenvalue weighted by molar-refractivity contribution is 5.94. The zero-order valence-electron chi connectivity index (χ0n) is 18.5. The molecule has 0 bridgehead atoms. The number of amides is 1. The Morgan fingerprint density at radius 3 is 2.85 bits per heavy atom. The van der Waals surface area contributed by atoms with Crippen molar-refractivity contribution in [2.24, 2.45) is 11.7 Å². The zero-order valence-corrected chi connectivity index (χ0v) is 18.5. The van der Waals surface area contributed by atoms with Gasteiger partial charge in [-0.25, -0.2) is 19.3 Å². The summed E-state index contributed by atoms with van der Waals surface area (Å²) >= 11 is 0. The zero-order chi connectivity index (χ0) is 23.7. The number of fused-ring (bicyclic) bond motifs is 2. The Bertz CT molecular complexity index is 1270. The number of anilines is 1. The SMILES string of the molecule is N[C@H](Cn1c(=O)cnc2ccc(F)cc21)C1CCC(NCc2ncc3c(n2)NC(=O)CO3)CC1. The maximum absolute atomic E-state index is 13.8. The van der Waals surface area contributed by atoms with Gasteiger partial charge in [-0.05, 0) is 49.8 Å². The lowest BCUT2D eigenvalue weighted by Gasteiger charge is -2.33. The van der Waals surface area contributed by atoms with Gasteiger partial charge in [-0.15, -0.1) is 0 Å². The molecule has 1 aromatic carbocycles. The molecule has 5 rings (SSSR count). The average Bonchev–Trinajstić information content (AvgIpc) is 2.84. The van der Waals surface area contributed by atoms with Crippen molar-refractivity contribution >= 4 is 22.8 Å². The Labute approximate surface area is 194 Å². The molecule has 3 heterocycles. The molecule has 1 atom stereocenters. The molecule has 2 aliphatic rings. The molecule has 11 heteroatoms. The van der Waals surface area contributed by atoms with Crippen LogP contribution in [0.4, 0.5) is 10.2 Å². The summed E-state index contributed by atoms with van der Waals surface area (Å²) in [5.41, 5.74) is 7.25. The van der Waals surface area contributed by atoms with Crippen LogP contribution in [0, 0.1) is 11.7 Å². The Kier molecular flexibility index (Phi) is 6.20. The van der Waals surface area contributed by atoms with E-state index >= 15 is 0 Å². The summed E-state index contributed by atoms with van der Waals surface area (Å²) in [7, 11) is 0. The van der Waals surface area contributed by atoms with Crippen LogP contribution in [0.5, 0.6) is 5.75 Å². The van der Waals surface area contributed by atoms with Crippen molar-refractivity contribution in [2.45, 2.75) is 50.9 Å². The number of carbonyl (C=O) groups excluding carboxylic acids is 1. The van der Waals surface area contributed by atoms with Crippen molar-refractivity contribution in [2.75, 3.05) is 11.9 Å². The monoisotopic (exact) mass is 467 g/mol. The highest BCUT2D eigenvalue weighted by Crippen LogP contribution is 2.28. The molecule has 0 unspecified atom stereocenters. The second-order valence-electron chi connectivity index (χ2n) is 8.83. The molecule has 1 amide bonds. The van der Waals surface area contributed by atoms with E-state index in [1.54, 1.807) is 12.3 Å². The lowest BCUT2D eigenvalue weighted by atomic mass is 9.81. The molecule has 1 aliphatic carbocycles. The Hall–Kier alpha value is -3.44. The van der Waals surface area contributed by atoms with Crippen molar-refractivity contribution in [3.05, 3.63) is 52.6 Å². The average molecular weight is 468 g/mol. The van der Waals surface area contributed by atoms with Crippen LogP contribution in [0.2, 0.25) is 0 Å². The number of ether oxygens (including phenoxy) is 1. The maximum atomic E-state index is 13.8. The maximum Gasteiger partial charge on any atom is 0.269 e. The first-order valence-electron chi connectivity index (χ1n) is 11.4. The molecule has 2 aromatic heterocycles. The first kappa shape index (κ1) is 22.4. The summed E-state index contributed by atoms with van der Waals surface area (Å²) in [5, 5.41) is 6.17. The van der Waals surface area contributed by atoms with Crippen LogP contribution in [0.3, 0.4) is 0 Å². The third kappa shape index (κ3) is 4.75. The molecule has 34 heavy (non-hydrogen) atoms. The van der Waals surface area contributed by atoms with Gasteiger partial charge in [-0.1, -0.05) is 0 Å². The van der Waals surface area contributed by atoms with Crippen LogP contribution in [0.25, 0.3) is 11.0 Å². The van der Waals surface area contributed by atoms with Gasteiger partial charge in [0.05, 0.1) is 30.0 Å². The van der Waals surface area contributed by atoms with Crippen LogP contribution >= 0.6 is 0 Å². The van der Waals surface area contributed by atoms with Crippen molar-refractivity contribution in [3.8, 4) is 5.75 Å². The molecule has 0 saturated heterocycles. The number of nitrogens with two attached hydrogens (primary N) is 1. The van der Waals surface area contributed by atoms with Crippen LogP contribution in [-0.4, -0.2) is 44.1 Å². The lowest BCUT2D eigenvalue weighted by molar-refractivity contribution is -0.118. The molecule has 178 valence electrons. The van der Waals surface area contributed by atoms with E-state index in [4.69, 9.17) is 10.5 Å². The highest BCUT2D eigenvalue weighted by atomic mass is 19.1. The van der Waals surface area contributed by atoms with Gasteiger partial charge >= 0.3 is 0 Å². The van der Waals surface area contributed by atoms with E-state index in [1.165, 1.54) is 22.9 Å². The topological polar surface area (TPSA) is 137 Å². The predicted molar refractivity (Wildman–Crippen MR) is 123 cm³/mol. The molecule has 4 N–H and O–H groups in total. The van der Waals surface area contributed by atoms with Crippen molar-refractivity contribution in [1.29, 1.82) is 0 Å². The summed E-state index contributed by atoms with van der Waals surface area (Å²) in [6.45, 7) is 0.775. The van der Waals surface area contributed by atoms with E-state index in [0.29, 0.717) is 47.6 Å². The number of carbonyl (C=O) groups is 1. The normalized spacial score (nSPS) is 20.9. The van der Waals surface area contributed by atoms with E-state index in [0.717, 1.165) is 25.7 Å². The molecular formula is C23H26FN7O3. The molecule has 3 aromatic rings. The van der Waals surface area contributed by atoms with Crippen molar-refractivity contribution < 1.29 is 13.9 Å². The first-order chi connectivity index (χ1) is 16.5. The fourth-order valence-electron chi connectivity index (χ4n) is 4.67. The molecule has 10 nitrogen and oxygen atoms in total. The number of aromatic nitrogens is 4. The number of hydrogen-bond acceptors (Lipinski definition) is 8. The minimum absolute atomic E-state index is 0.0256. The third-order valence-corrected chi connectivity index (χ3v) is 6.55. The van der Waals surface area contributed by atoms with E-state index in [-0.39, 0.29) is 30.0 Å². The lowest BCUT2D eigenvalue weighted by Crippen LogP contribution is -2.42. The largest absolute Gasteiger partial charge is 0.478 e.